The van der Waals surface area contributed by atoms with Gasteiger partial charge in [0.05, 0.1) is 5.57 Å². The van der Waals surface area contributed by atoms with Crippen LogP contribution in [-0.2, 0) is 14.3 Å². The van der Waals surface area contributed by atoms with E-state index >= 15 is 0 Å². The fraction of sp³-hybridized carbons (Fsp3) is 0.455. The number of carbonyl (C=O) groups excluding carboxylic acids is 2. The van der Waals surface area contributed by atoms with Crippen molar-refractivity contribution in [3.8, 4) is 11.5 Å². The maximum atomic E-state index is 13.1. The number of carbonyl (C=O) groups is 2. The van der Waals surface area contributed by atoms with Gasteiger partial charge in [-0.3, -0.25) is 4.79 Å². The van der Waals surface area contributed by atoms with Crippen LogP contribution in [-0.4, -0.2) is 36.7 Å². The van der Waals surface area contributed by atoms with Gasteiger partial charge in [0.2, 0.25) is 6.79 Å². The quantitative estimate of drug-likeness (QED) is 0.561. The molecule has 4 rings (SSSR count). The molecule has 0 saturated heterocycles. The minimum absolute atomic E-state index is 0.0840. The van der Waals surface area contributed by atoms with Crippen LogP contribution in [0.1, 0.15) is 44.6 Å². The van der Waals surface area contributed by atoms with Crippen molar-refractivity contribution in [3.63, 3.8) is 0 Å². The Morgan fingerprint density at radius 2 is 2.10 bits per heavy atom. The third kappa shape index (κ3) is 3.88. The van der Waals surface area contributed by atoms with Crippen LogP contribution in [0.15, 0.2) is 40.7 Å². The van der Waals surface area contributed by atoms with Crippen molar-refractivity contribution < 1.29 is 23.8 Å². The normalized spacial score (nSPS) is 20.5. The van der Waals surface area contributed by atoms with E-state index in [4.69, 9.17) is 14.2 Å². The summed E-state index contributed by atoms with van der Waals surface area (Å²) < 4.78 is 16.5. The van der Waals surface area contributed by atoms with Gasteiger partial charge in [0.1, 0.15) is 6.61 Å². The molecule has 29 heavy (non-hydrogen) atoms. The predicted octanol–water partition coefficient (Wildman–Crippen LogP) is 3.68. The summed E-state index contributed by atoms with van der Waals surface area (Å²) in [6.45, 7) is 4.47. The number of benzene rings is 1. The van der Waals surface area contributed by atoms with Crippen LogP contribution >= 0.6 is 11.8 Å². The van der Waals surface area contributed by atoms with Gasteiger partial charge in [0.25, 0.3) is 0 Å². The van der Waals surface area contributed by atoms with Crippen molar-refractivity contribution in [2.45, 2.75) is 39.0 Å². The zero-order chi connectivity index (χ0) is 20.4. The van der Waals surface area contributed by atoms with Crippen LogP contribution in [0.3, 0.4) is 0 Å². The largest absolute Gasteiger partial charge is 0.461 e. The molecular weight excluding hydrogens is 390 g/mol. The Kier molecular flexibility index (Phi) is 5.85. The molecule has 0 radical (unpaired) electrons. The van der Waals surface area contributed by atoms with E-state index in [-0.39, 0.29) is 18.5 Å². The summed E-state index contributed by atoms with van der Waals surface area (Å²) in [4.78, 5) is 25.9. The Balaban J connectivity index is 1.72. The number of thioether (sulfide) groups is 1. The third-order valence-electron chi connectivity index (χ3n) is 5.39. The van der Waals surface area contributed by atoms with Gasteiger partial charge in [-0.1, -0.05) is 13.0 Å². The smallest absolute Gasteiger partial charge is 0.336 e. The standard InChI is InChI=1S/C22H25NO5S/c1-3-29-10-9-26-22(25)19-13(2)23-15-5-4-6-16(24)21(15)20(19)14-7-8-17-18(11-14)28-12-27-17/h7-8,11,20,23H,3-6,9-10,12H2,1-2H3. The van der Waals surface area contributed by atoms with Crippen molar-refractivity contribution in [3.05, 3.63) is 46.3 Å². The molecule has 1 aromatic carbocycles. The van der Waals surface area contributed by atoms with E-state index in [1.54, 1.807) is 11.8 Å². The van der Waals surface area contributed by atoms with Crippen LogP contribution in [0.4, 0.5) is 0 Å². The van der Waals surface area contributed by atoms with E-state index in [1.165, 1.54) is 0 Å². The molecule has 1 aliphatic carbocycles. The van der Waals surface area contributed by atoms with Crippen molar-refractivity contribution in [2.24, 2.45) is 0 Å². The number of dihydropyridines is 1. The highest BCUT2D eigenvalue weighted by molar-refractivity contribution is 7.99. The van der Waals surface area contributed by atoms with E-state index in [9.17, 15) is 9.59 Å². The molecule has 0 saturated carbocycles. The number of esters is 1. The molecule has 0 spiro atoms. The fourth-order valence-corrected chi connectivity index (χ4v) is 4.59. The van der Waals surface area contributed by atoms with Crippen molar-refractivity contribution in [2.75, 3.05) is 24.9 Å². The molecular formula is C22H25NO5S. The summed E-state index contributed by atoms with van der Waals surface area (Å²) in [7, 11) is 0. The zero-order valence-electron chi connectivity index (χ0n) is 16.7. The van der Waals surface area contributed by atoms with Crippen LogP contribution in [0.25, 0.3) is 0 Å². The van der Waals surface area contributed by atoms with Gasteiger partial charge in [-0.15, -0.1) is 0 Å². The molecule has 0 fully saturated rings. The van der Waals surface area contributed by atoms with Crippen LogP contribution in [0, 0.1) is 0 Å². The monoisotopic (exact) mass is 415 g/mol. The Morgan fingerprint density at radius 1 is 1.28 bits per heavy atom. The van der Waals surface area contributed by atoms with Crippen molar-refractivity contribution >= 4 is 23.5 Å². The second-order valence-corrected chi connectivity index (χ2v) is 8.61. The van der Waals surface area contributed by atoms with Crippen molar-refractivity contribution in [1.29, 1.82) is 0 Å². The van der Waals surface area contributed by atoms with Gasteiger partial charge in [-0.2, -0.15) is 11.8 Å². The van der Waals surface area contributed by atoms with Crippen LogP contribution in [0.2, 0.25) is 0 Å². The van der Waals surface area contributed by atoms with E-state index < -0.39 is 5.92 Å². The summed E-state index contributed by atoms with van der Waals surface area (Å²) in [6.07, 6.45) is 2.12. The Bertz CT molecular complexity index is 904. The lowest BCUT2D eigenvalue weighted by Gasteiger charge is -2.34. The molecule has 6 nitrogen and oxygen atoms in total. The summed E-state index contributed by atoms with van der Waals surface area (Å²) in [5.74, 6) is 2.29. The highest BCUT2D eigenvalue weighted by Crippen LogP contribution is 2.45. The first-order valence-corrected chi connectivity index (χ1v) is 11.1. The van der Waals surface area contributed by atoms with Gasteiger partial charge in [-0.05, 0) is 43.2 Å². The molecule has 0 bridgehead atoms. The topological polar surface area (TPSA) is 73.9 Å². The lowest BCUT2D eigenvalue weighted by molar-refractivity contribution is -0.138. The first-order chi connectivity index (χ1) is 14.1. The summed E-state index contributed by atoms with van der Waals surface area (Å²) >= 11 is 1.72. The maximum Gasteiger partial charge on any atom is 0.336 e. The lowest BCUT2D eigenvalue weighted by atomic mass is 9.75. The second-order valence-electron chi connectivity index (χ2n) is 7.21. The molecule has 1 aromatic rings. The van der Waals surface area contributed by atoms with Gasteiger partial charge >= 0.3 is 5.97 Å². The number of hydrogen-bond donors (Lipinski definition) is 1. The minimum atomic E-state index is -0.458. The molecule has 2 heterocycles. The molecule has 0 amide bonds. The number of fused-ring (bicyclic) bond motifs is 1. The number of ketones is 1. The van der Waals surface area contributed by atoms with E-state index in [1.807, 2.05) is 25.1 Å². The predicted molar refractivity (Wildman–Crippen MR) is 111 cm³/mol. The molecule has 3 aliphatic rings. The lowest BCUT2D eigenvalue weighted by Crippen LogP contribution is -2.34. The SMILES string of the molecule is CCSCCOC(=O)C1=C(C)NC2=C(C(=O)CCC2)C1c1ccc2c(c1)OCO2. The van der Waals surface area contributed by atoms with Crippen LogP contribution in [0.5, 0.6) is 11.5 Å². The van der Waals surface area contributed by atoms with Gasteiger partial charge in [-0.25, -0.2) is 4.79 Å². The van der Waals surface area contributed by atoms with E-state index in [0.717, 1.165) is 41.3 Å². The molecule has 1 N–H and O–H groups in total. The highest BCUT2D eigenvalue weighted by atomic mass is 32.2. The Morgan fingerprint density at radius 3 is 2.93 bits per heavy atom. The molecule has 7 heteroatoms. The number of nitrogens with one attached hydrogen (secondary N) is 1. The van der Waals surface area contributed by atoms with E-state index in [2.05, 4.69) is 12.2 Å². The average molecular weight is 416 g/mol. The zero-order valence-corrected chi connectivity index (χ0v) is 17.5. The summed E-state index contributed by atoms with van der Waals surface area (Å²) in [5, 5.41) is 3.31. The Hall–Kier alpha value is -2.41. The highest BCUT2D eigenvalue weighted by Gasteiger charge is 2.39. The number of Topliss-reactive ketones (excluding diaryl/α,β-unsaturated/α-hetero) is 1. The Labute approximate surface area is 174 Å². The first-order valence-electron chi connectivity index (χ1n) is 9.98. The second kappa shape index (κ2) is 8.53. The summed E-state index contributed by atoms with van der Waals surface area (Å²) in [6, 6.07) is 5.62. The molecule has 0 aromatic heterocycles. The third-order valence-corrected chi connectivity index (χ3v) is 6.25. The molecule has 1 atom stereocenters. The van der Waals surface area contributed by atoms with Gasteiger partial charge < -0.3 is 19.5 Å². The van der Waals surface area contributed by atoms with Gasteiger partial charge in [0, 0.05) is 35.1 Å². The average Bonchev–Trinajstić information content (AvgIpc) is 3.18. The minimum Gasteiger partial charge on any atom is -0.461 e. The maximum absolute atomic E-state index is 13.1. The molecule has 2 aliphatic heterocycles. The fourth-order valence-electron chi connectivity index (χ4n) is 4.10. The number of rotatable bonds is 6. The van der Waals surface area contributed by atoms with Crippen molar-refractivity contribution in [1.82, 2.24) is 5.32 Å². The van der Waals surface area contributed by atoms with E-state index in [0.29, 0.717) is 35.7 Å². The molecule has 154 valence electrons. The first kappa shape index (κ1) is 19.9. The van der Waals surface area contributed by atoms with Gasteiger partial charge in [0.15, 0.2) is 17.3 Å². The molecule has 1 unspecified atom stereocenters. The number of hydrogen-bond acceptors (Lipinski definition) is 7. The number of allylic oxidation sites excluding steroid dienone is 3. The summed E-state index contributed by atoms with van der Waals surface area (Å²) in [5.41, 5.74) is 3.68. The van der Waals surface area contributed by atoms with Crippen LogP contribution < -0.4 is 14.8 Å². The number of ether oxygens (including phenoxy) is 3.